The van der Waals surface area contributed by atoms with Gasteiger partial charge >= 0.3 is 0 Å². The predicted molar refractivity (Wildman–Crippen MR) is 90.6 cm³/mol. The molecule has 0 aliphatic carbocycles. The lowest BCUT2D eigenvalue weighted by Gasteiger charge is -2.28. The van der Waals surface area contributed by atoms with Gasteiger partial charge in [0.25, 0.3) is 0 Å². The summed E-state index contributed by atoms with van der Waals surface area (Å²) < 4.78 is 15.4. The van der Waals surface area contributed by atoms with Gasteiger partial charge in [0.1, 0.15) is 10.8 Å². The largest absolute Gasteiger partial charge is 0.598 e. The van der Waals surface area contributed by atoms with Crippen LogP contribution in [0.4, 0.5) is 5.13 Å². The highest BCUT2D eigenvalue weighted by Crippen LogP contribution is 2.31. The zero-order chi connectivity index (χ0) is 15.6. The molecule has 0 aliphatic heterocycles. The van der Waals surface area contributed by atoms with Crippen molar-refractivity contribution in [2.24, 2.45) is 0 Å². The van der Waals surface area contributed by atoms with E-state index in [0.717, 1.165) is 16.0 Å². The zero-order valence-corrected chi connectivity index (χ0v) is 14.3. The first kappa shape index (κ1) is 16.3. The summed E-state index contributed by atoms with van der Waals surface area (Å²) in [5.41, 5.74) is 8.00. The second-order valence-corrected chi connectivity index (χ2v) is 8.98. The molecule has 6 heteroatoms. The van der Waals surface area contributed by atoms with E-state index >= 15 is 0 Å². The maximum absolute atomic E-state index is 12.5. The van der Waals surface area contributed by atoms with Crippen LogP contribution in [0.15, 0.2) is 30.5 Å². The lowest BCUT2D eigenvalue weighted by Crippen LogP contribution is -2.41. The Hall–Kier alpha value is -1.08. The Morgan fingerprint density at radius 3 is 2.52 bits per heavy atom. The zero-order valence-electron chi connectivity index (χ0n) is 12.7. The van der Waals surface area contributed by atoms with Crippen molar-refractivity contribution in [3.05, 3.63) is 46.5 Å². The third-order valence-electron chi connectivity index (χ3n) is 3.11. The van der Waals surface area contributed by atoms with Gasteiger partial charge in [0.2, 0.25) is 0 Å². The number of nitrogen functional groups attached to an aromatic ring is 1. The average Bonchev–Trinajstić information content (AvgIpc) is 2.82. The molecule has 0 amide bonds. The van der Waals surface area contributed by atoms with Crippen molar-refractivity contribution in [3.63, 3.8) is 0 Å². The van der Waals surface area contributed by atoms with Crippen molar-refractivity contribution in [2.75, 3.05) is 5.73 Å². The minimum atomic E-state index is -1.18. The van der Waals surface area contributed by atoms with Crippen LogP contribution in [0.5, 0.6) is 0 Å². The third-order valence-corrected chi connectivity index (χ3v) is 5.56. The number of anilines is 1. The van der Waals surface area contributed by atoms with E-state index in [1.54, 1.807) is 6.20 Å². The van der Waals surface area contributed by atoms with E-state index in [9.17, 15) is 4.55 Å². The number of benzene rings is 1. The molecule has 0 unspecified atom stereocenters. The first-order chi connectivity index (χ1) is 9.79. The van der Waals surface area contributed by atoms with E-state index in [1.165, 1.54) is 11.3 Å². The molecular formula is C15H21N3OS2. The highest BCUT2D eigenvalue weighted by Gasteiger charge is 2.31. The molecule has 1 aromatic carbocycles. The quantitative estimate of drug-likeness (QED) is 0.848. The van der Waals surface area contributed by atoms with E-state index in [1.807, 2.05) is 39.0 Å². The number of nitrogens with two attached hydrogens (primary N) is 1. The summed E-state index contributed by atoms with van der Waals surface area (Å²) in [5, 5.41) is 0.520. The van der Waals surface area contributed by atoms with E-state index in [0.29, 0.717) is 5.13 Å². The maximum atomic E-state index is 12.5. The van der Waals surface area contributed by atoms with Gasteiger partial charge in [0.15, 0.2) is 5.13 Å². The summed E-state index contributed by atoms with van der Waals surface area (Å²) in [7, 11) is 0. The number of thiazole rings is 1. The molecule has 0 saturated carbocycles. The molecule has 0 spiro atoms. The van der Waals surface area contributed by atoms with Gasteiger partial charge in [-0.25, -0.2) is 4.98 Å². The highest BCUT2D eigenvalue weighted by atomic mass is 32.2. The predicted octanol–water partition coefficient (Wildman–Crippen LogP) is 3.17. The van der Waals surface area contributed by atoms with Crippen LogP contribution in [0.25, 0.3) is 0 Å². The van der Waals surface area contributed by atoms with Gasteiger partial charge in [-0.05, 0) is 38.8 Å². The Morgan fingerprint density at radius 2 is 2.00 bits per heavy atom. The van der Waals surface area contributed by atoms with Crippen LogP contribution < -0.4 is 10.5 Å². The summed E-state index contributed by atoms with van der Waals surface area (Å²) in [6.45, 7) is 7.90. The number of aromatic nitrogens is 1. The summed E-state index contributed by atoms with van der Waals surface area (Å²) in [4.78, 5) is 5.09. The van der Waals surface area contributed by atoms with Gasteiger partial charge in [-0.1, -0.05) is 24.3 Å². The lowest BCUT2D eigenvalue weighted by molar-refractivity contribution is 0.536. The Kier molecular flexibility index (Phi) is 4.93. The molecule has 1 aromatic heterocycles. The molecular weight excluding hydrogens is 302 g/mol. The minimum Gasteiger partial charge on any atom is -0.598 e. The molecule has 0 bridgehead atoms. The van der Waals surface area contributed by atoms with Crippen LogP contribution in [0.1, 0.15) is 42.8 Å². The highest BCUT2D eigenvalue weighted by molar-refractivity contribution is 7.90. The molecule has 3 N–H and O–H groups in total. The maximum Gasteiger partial charge on any atom is 0.180 e. The van der Waals surface area contributed by atoms with Crippen molar-refractivity contribution >= 4 is 27.8 Å². The van der Waals surface area contributed by atoms with Crippen LogP contribution in [0.2, 0.25) is 0 Å². The Morgan fingerprint density at radius 1 is 1.33 bits per heavy atom. The van der Waals surface area contributed by atoms with Crippen LogP contribution in [0.3, 0.4) is 0 Å². The number of rotatable bonds is 4. The number of hydrogen-bond donors (Lipinski definition) is 2. The SMILES string of the molecule is Cc1ccccc1[C@H](N[S@+]([O-])C(C)(C)C)c1cnc(N)s1. The van der Waals surface area contributed by atoms with Gasteiger partial charge in [0, 0.05) is 17.6 Å². The molecule has 21 heavy (non-hydrogen) atoms. The monoisotopic (exact) mass is 323 g/mol. The first-order valence-corrected chi connectivity index (χ1v) is 8.70. The lowest BCUT2D eigenvalue weighted by atomic mass is 10.0. The average molecular weight is 323 g/mol. The van der Waals surface area contributed by atoms with E-state index < -0.39 is 11.4 Å². The second kappa shape index (κ2) is 6.36. The Balaban J connectivity index is 2.38. The van der Waals surface area contributed by atoms with Gasteiger partial charge < -0.3 is 10.3 Å². The molecule has 0 radical (unpaired) electrons. The molecule has 114 valence electrons. The van der Waals surface area contributed by atoms with Crippen LogP contribution in [-0.4, -0.2) is 14.3 Å². The van der Waals surface area contributed by atoms with Crippen molar-refractivity contribution in [1.29, 1.82) is 0 Å². The first-order valence-electron chi connectivity index (χ1n) is 6.74. The Labute approximate surface area is 133 Å². The topological polar surface area (TPSA) is 74.0 Å². The standard InChI is InChI=1S/C15H21N3OS2/c1-10-7-5-6-8-11(10)13(12-9-17-14(16)20-12)18-21(19)15(2,3)4/h5-9,13,18H,1-4H3,(H2,16,17)/t13-,21+/m0/s1. The smallest absolute Gasteiger partial charge is 0.180 e. The number of aryl methyl sites for hydroxylation is 1. The molecule has 2 aromatic rings. The summed E-state index contributed by atoms with van der Waals surface area (Å²) >= 11 is 0.242. The summed E-state index contributed by atoms with van der Waals surface area (Å²) in [6.07, 6.45) is 1.75. The van der Waals surface area contributed by atoms with Crippen molar-refractivity contribution < 1.29 is 4.55 Å². The molecule has 4 nitrogen and oxygen atoms in total. The van der Waals surface area contributed by atoms with Gasteiger partial charge in [0.05, 0.1) is 4.88 Å². The molecule has 2 atom stereocenters. The van der Waals surface area contributed by atoms with Crippen LogP contribution in [0, 0.1) is 6.92 Å². The molecule has 0 aliphatic rings. The molecule has 2 rings (SSSR count). The fourth-order valence-electron chi connectivity index (χ4n) is 1.90. The fourth-order valence-corrected chi connectivity index (χ4v) is 3.56. The van der Waals surface area contributed by atoms with Gasteiger partial charge in [-0.3, -0.25) is 0 Å². The van der Waals surface area contributed by atoms with E-state index in [4.69, 9.17) is 5.73 Å². The van der Waals surface area contributed by atoms with Gasteiger partial charge in [-0.2, -0.15) is 0 Å². The molecule has 0 saturated heterocycles. The van der Waals surface area contributed by atoms with Crippen molar-refractivity contribution in [3.8, 4) is 0 Å². The molecule has 1 heterocycles. The van der Waals surface area contributed by atoms with Gasteiger partial charge in [-0.15, -0.1) is 16.1 Å². The fraction of sp³-hybridized carbons (Fsp3) is 0.400. The third kappa shape index (κ3) is 3.97. The number of nitrogens with zero attached hydrogens (tertiary/aromatic N) is 1. The second-order valence-electron chi connectivity index (χ2n) is 5.89. The number of nitrogens with one attached hydrogen (secondary N) is 1. The van der Waals surface area contributed by atoms with Crippen molar-refractivity contribution in [1.82, 2.24) is 9.71 Å². The Bertz CT molecular complexity index is 607. The number of hydrogen-bond acceptors (Lipinski definition) is 5. The normalized spacial score (nSPS) is 14.9. The summed E-state index contributed by atoms with van der Waals surface area (Å²) in [5.74, 6) is 0. The van der Waals surface area contributed by atoms with E-state index in [2.05, 4.69) is 22.7 Å². The van der Waals surface area contributed by atoms with Crippen LogP contribution >= 0.6 is 11.3 Å². The molecule has 0 fully saturated rings. The van der Waals surface area contributed by atoms with E-state index in [-0.39, 0.29) is 10.8 Å². The minimum absolute atomic E-state index is 0.166. The van der Waals surface area contributed by atoms with Crippen LogP contribution in [-0.2, 0) is 11.4 Å². The van der Waals surface area contributed by atoms with Crippen molar-refractivity contribution in [2.45, 2.75) is 38.5 Å². The summed E-state index contributed by atoms with van der Waals surface area (Å²) in [6, 6.07) is 7.91.